The minimum atomic E-state index is 0.131. The number of benzene rings is 1. The predicted molar refractivity (Wildman–Crippen MR) is 46.9 cm³/mol. The Balaban J connectivity index is 2.94. The summed E-state index contributed by atoms with van der Waals surface area (Å²) < 4.78 is 0. The van der Waals surface area contributed by atoms with Crippen LogP contribution in [-0.2, 0) is 0 Å². The molecule has 4 nitrogen and oxygen atoms in total. The summed E-state index contributed by atoms with van der Waals surface area (Å²) in [6, 6.07) is 1.70. The van der Waals surface area contributed by atoms with Gasteiger partial charge in [0.1, 0.15) is 5.75 Å². The molecule has 0 unspecified atom stereocenters. The molecule has 4 N–H and O–H groups in total. The van der Waals surface area contributed by atoms with Gasteiger partial charge >= 0.3 is 0 Å². The number of hydrogen-bond acceptors (Lipinski definition) is 3. The number of hydrogen-bond donors (Lipinski definition) is 3. The topological polar surface area (TPSA) is 74.9 Å². The molecule has 0 radical (unpaired) electrons. The normalized spacial score (nSPS) is 10.8. The number of nitrogens with two attached hydrogens (primary N) is 1. The lowest BCUT2D eigenvalue weighted by molar-refractivity contribution is 0.474. The highest BCUT2D eigenvalue weighted by Gasteiger charge is 2.07. The van der Waals surface area contributed by atoms with Crippen molar-refractivity contribution in [1.82, 2.24) is 10.2 Å². The lowest BCUT2D eigenvalue weighted by Gasteiger charge is -2.02. The van der Waals surface area contributed by atoms with Crippen LogP contribution in [-0.4, -0.2) is 15.3 Å². The summed E-state index contributed by atoms with van der Waals surface area (Å²) in [6.45, 7) is 1.80. The average molecular weight is 163 g/mol. The molecular weight excluding hydrogens is 154 g/mol. The number of aromatic amines is 1. The van der Waals surface area contributed by atoms with Gasteiger partial charge in [-0.3, -0.25) is 5.10 Å². The molecule has 1 aromatic carbocycles. The molecule has 0 saturated carbocycles. The Bertz CT molecular complexity index is 433. The summed E-state index contributed by atoms with van der Waals surface area (Å²) in [7, 11) is 0. The zero-order valence-electron chi connectivity index (χ0n) is 6.63. The van der Waals surface area contributed by atoms with Gasteiger partial charge in [0.2, 0.25) is 0 Å². The molecule has 62 valence electrons. The van der Waals surface area contributed by atoms with Crippen LogP contribution in [0.1, 0.15) is 5.56 Å². The molecule has 0 saturated heterocycles. The van der Waals surface area contributed by atoms with E-state index in [0.717, 1.165) is 16.5 Å². The molecule has 0 aliphatic carbocycles. The standard InChI is InChI=1S/C8H9N3O/c1-4-7-5(3-10-11-7)2-6(9)8(4)12/h2-3,12H,9H2,1H3,(H,10,11). The lowest BCUT2D eigenvalue weighted by Crippen LogP contribution is -1.88. The first-order valence-corrected chi connectivity index (χ1v) is 3.61. The highest BCUT2D eigenvalue weighted by Crippen LogP contribution is 2.30. The Hall–Kier alpha value is -1.71. The molecule has 0 spiro atoms. The number of rotatable bonds is 0. The number of aromatic hydroxyl groups is 1. The smallest absolute Gasteiger partial charge is 0.143 e. The molecule has 4 heteroatoms. The predicted octanol–water partition coefficient (Wildman–Crippen LogP) is 1.16. The van der Waals surface area contributed by atoms with E-state index in [9.17, 15) is 5.11 Å². The molecular formula is C8H9N3O. The second-order valence-electron chi connectivity index (χ2n) is 2.77. The van der Waals surface area contributed by atoms with Crippen molar-refractivity contribution in [2.75, 3.05) is 5.73 Å². The number of aromatic nitrogens is 2. The van der Waals surface area contributed by atoms with Gasteiger partial charge in [0.25, 0.3) is 0 Å². The number of nitrogen functional groups attached to an aromatic ring is 1. The molecule has 0 fully saturated rings. The van der Waals surface area contributed by atoms with Crippen molar-refractivity contribution in [1.29, 1.82) is 0 Å². The van der Waals surface area contributed by atoms with Crippen molar-refractivity contribution in [3.8, 4) is 5.75 Å². The molecule has 0 bridgehead atoms. The Morgan fingerprint density at radius 2 is 2.33 bits per heavy atom. The number of fused-ring (bicyclic) bond motifs is 1. The third-order valence-corrected chi connectivity index (χ3v) is 1.98. The maximum Gasteiger partial charge on any atom is 0.143 e. The number of nitrogens with zero attached hydrogens (tertiary/aromatic N) is 1. The summed E-state index contributed by atoms with van der Waals surface area (Å²) >= 11 is 0. The van der Waals surface area contributed by atoms with Crippen LogP contribution in [0, 0.1) is 6.92 Å². The fraction of sp³-hybridized carbons (Fsp3) is 0.125. The molecule has 0 amide bonds. The first kappa shape index (κ1) is 6.97. The second-order valence-corrected chi connectivity index (χ2v) is 2.77. The first-order chi connectivity index (χ1) is 5.70. The quantitative estimate of drug-likeness (QED) is 0.403. The average Bonchev–Trinajstić information content (AvgIpc) is 2.48. The molecule has 0 aliphatic rings. The van der Waals surface area contributed by atoms with Crippen molar-refractivity contribution >= 4 is 16.6 Å². The van der Waals surface area contributed by atoms with Crippen LogP contribution in [0.25, 0.3) is 10.9 Å². The van der Waals surface area contributed by atoms with E-state index in [1.807, 2.05) is 0 Å². The van der Waals surface area contributed by atoms with Gasteiger partial charge in [0.15, 0.2) is 0 Å². The molecule has 2 aromatic rings. The summed E-state index contributed by atoms with van der Waals surface area (Å²) in [6.07, 6.45) is 1.68. The Morgan fingerprint density at radius 3 is 3.08 bits per heavy atom. The zero-order chi connectivity index (χ0) is 8.72. The van der Waals surface area contributed by atoms with Crippen LogP contribution >= 0.6 is 0 Å². The van der Waals surface area contributed by atoms with Gasteiger partial charge in [-0.15, -0.1) is 0 Å². The van der Waals surface area contributed by atoms with E-state index < -0.39 is 0 Å². The molecule has 1 aromatic heterocycles. The van der Waals surface area contributed by atoms with E-state index in [2.05, 4.69) is 10.2 Å². The number of nitrogens with one attached hydrogen (secondary N) is 1. The highest BCUT2D eigenvalue weighted by molar-refractivity contribution is 5.88. The summed E-state index contributed by atoms with van der Waals surface area (Å²) in [5, 5.41) is 17.0. The first-order valence-electron chi connectivity index (χ1n) is 3.61. The highest BCUT2D eigenvalue weighted by atomic mass is 16.3. The van der Waals surface area contributed by atoms with Crippen LogP contribution in [0.15, 0.2) is 12.3 Å². The van der Waals surface area contributed by atoms with E-state index in [1.165, 1.54) is 0 Å². The van der Waals surface area contributed by atoms with Gasteiger partial charge in [-0.2, -0.15) is 5.10 Å². The molecule has 2 rings (SSSR count). The summed E-state index contributed by atoms with van der Waals surface area (Å²) in [4.78, 5) is 0. The largest absolute Gasteiger partial charge is 0.505 e. The number of aryl methyl sites for hydroxylation is 1. The van der Waals surface area contributed by atoms with Crippen LogP contribution in [0.5, 0.6) is 5.75 Å². The van der Waals surface area contributed by atoms with E-state index >= 15 is 0 Å². The maximum absolute atomic E-state index is 9.45. The van der Waals surface area contributed by atoms with E-state index in [0.29, 0.717) is 5.69 Å². The SMILES string of the molecule is Cc1c(O)c(N)cc2cn[nH]c12. The van der Waals surface area contributed by atoms with Gasteiger partial charge in [0, 0.05) is 10.9 Å². The summed E-state index contributed by atoms with van der Waals surface area (Å²) in [5.41, 5.74) is 7.52. The van der Waals surface area contributed by atoms with Crippen LogP contribution in [0.2, 0.25) is 0 Å². The Morgan fingerprint density at radius 1 is 1.58 bits per heavy atom. The van der Waals surface area contributed by atoms with Gasteiger partial charge in [-0.1, -0.05) is 0 Å². The van der Waals surface area contributed by atoms with Crippen molar-refractivity contribution < 1.29 is 5.11 Å². The number of anilines is 1. The fourth-order valence-corrected chi connectivity index (χ4v) is 1.28. The van der Waals surface area contributed by atoms with Gasteiger partial charge in [-0.05, 0) is 13.0 Å². The summed E-state index contributed by atoms with van der Waals surface area (Å²) in [5.74, 6) is 0.131. The molecule has 1 heterocycles. The molecule has 12 heavy (non-hydrogen) atoms. The van der Waals surface area contributed by atoms with Gasteiger partial charge < -0.3 is 10.8 Å². The minimum absolute atomic E-state index is 0.131. The zero-order valence-corrected chi connectivity index (χ0v) is 6.63. The second kappa shape index (κ2) is 2.14. The maximum atomic E-state index is 9.45. The van der Waals surface area contributed by atoms with Crippen LogP contribution < -0.4 is 5.73 Å². The van der Waals surface area contributed by atoms with Crippen molar-refractivity contribution in [2.24, 2.45) is 0 Å². The van der Waals surface area contributed by atoms with E-state index in [4.69, 9.17) is 5.73 Å². The minimum Gasteiger partial charge on any atom is -0.505 e. The number of H-pyrrole nitrogens is 1. The van der Waals surface area contributed by atoms with Crippen LogP contribution in [0.4, 0.5) is 5.69 Å². The van der Waals surface area contributed by atoms with Crippen molar-refractivity contribution in [3.63, 3.8) is 0 Å². The third-order valence-electron chi connectivity index (χ3n) is 1.98. The molecule has 0 aliphatic heterocycles. The van der Waals surface area contributed by atoms with Gasteiger partial charge in [0.05, 0.1) is 17.4 Å². The third kappa shape index (κ3) is 0.747. The van der Waals surface area contributed by atoms with E-state index in [-0.39, 0.29) is 5.75 Å². The van der Waals surface area contributed by atoms with E-state index in [1.54, 1.807) is 19.2 Å². The van der Waals surface area contributed by atoms with Crippen molar-refractivity contribution in [2.45, 2.75) is 6.92 Å². The molecule has 0 atom stereocenters. The Kier molecular flexibility index (Phi) is 1.24. The monoisotopic (exact) mass is 163 g/mol. The number of phenols is 1. The van der Waals surface area contributed by atoms with Gasteiger partial charge in [-0.25, -0.2) is 0 Å². The van der Waals surface area contributed by atoms with Crippen LogP contribution in [0.3, 0.4) is 0 Å². The number of phenolic OH excluding ortho intramolecular Hbond substituents is 1. The Labute approximate surface area is 69.0 Å². The van der Waals surface area contributed by atoms with Crippen molar-refractivity contribution in [3.05, 3.63) is 17.8 Å². The lowest BCUT2D eigenvalue weighted by atomic mass is 10.1. The fourth-order valence-electron chi connectivity index (χ4n) is 1.28.